The number of piperidine rings is 2. The lowest BCUT2D eigenvalue weighted by Crippen LogP contribution is -2.49. The molecule has 3 aromatic heterocycles. The number of amides is 4. The lowest BCUT2D eigenvalue weighted by atomic mass is 9.92. The van der Waals surface area contributed by atoms with Crippen molar-refractivity contribution in [1.29, 1.82) is 5.26 Å². The van der Waals surface area contributed by atoms with E-state index in [0.29, 0.717) is 52.2 Å². The highest BCUT2D eigenvalue weighted by Crippen LogP contribution is 2.33. The van der Waals surface area contributed by atoms with Gasteiger partial charge in [-0.15, -0.1) is 0 Å². The molecule has 1 aliphatic carbocycles. The molecule has 0 unspecified atom stereocenters. The highest BCUT2D eigenvalue weighted by Gasteiger charge is 2.30. The molecule has 0 spiro atoms. The number of carbonyl (C=O) groups excluding carboxylic acids is 3. The summed E-state index contributed by atoms with van der Waals surface area (Å²) in [4.78, 5) is 57.2. The number of benzene rings is 1. The monoisotopic (exact) mass is 764 g/mol. The van der Waals surface area contributed by atoms with E-state index in [1.165, 1.54) is 0 Å². The quantitative estimate of drug-likeness (QED) is 0.224. The van der Waals surface area contributed by atoms with Crippen molar-refractivity contribution < 1.29 is 19.1 Å². The van der Waals surface area contributed by atoms with Gasteiger partial charge in [0.25, 0.3) is 5.91 Å². The van der Waals surface area contributed by atoms with Gasteiger partial charge in [-0.25, -0.2) is 19.7 Å². The van der Waals surface area contributed by atoms with Crippen LogP contribution in [-0.4, -0.2) is 93.7 Å². The van der Waals surface area contributed by atoms with Crippen LogP contribution in [0.4, 0.5) is 16.6 Å². The van der Waals surface area contributed by atoms with E-state index in [2.05, 4.69) is 52.2 Å². The number of carbonyl (C=O) groups is 3. The van der Waals surface area contributed by atoms with Crippen LogP contribution in [0.1, 0.15) is 79.8 Å². The van der Waals surface area contributed by atoms with E-state index in [9.17, 15) is 14.4 Å². The van der Waals surface area contributed by atoms with Crippen molar-refractivity contribution in [1.82, 2.24) is 35.1 Å². The fourth-order valence-corrected chi connectivity index (χ4v) is 8.69. The maximum Gasteiger partial charge on any atom is 0.329 e. The number of hydrogen-bond donors (Lipinski definition) is 2. The van der Waals surface area contributed by atoms with Gasteiger partial charge in [0.2, 0.25) is 11.9 Å². The highest BCUT2D eigenvalue weighted by molar-refractivity contribution is 6.31. The predicted molar refractivity (Wildman–Crippen MR) is 207 cm³/mol. The van der Waals surface area contributed by atoms with E-state index in [0.717, 1.165) is 95.0 Å². The van der Waals surface area contributed by atoms with Crippen LogP contribution in [0.5, 0.6) is 5.75 Å². The first-order valence-electron chi connectivity index (χ1n) is 19.3. The van der Waals surface area contributed by atoms with Gasteiger partial charge >= 0.3 is 6.03 Å². The molecule has 4 aliphatic rings. The van der Waals surface area contributed by atoms with Gasteiger partial charge in [-0.05, 0) is 81.5 Å². The number of aromatic nitrogens is 4. The molecule has 8 rings (SSSR count). The zero-order chi connectivity index (χ0) is 37.9. The number of halogens is 1. The zero-order valence-electron chi connectivity index (χ0n) is 30.7. The Balaban J connectivity index is 0.760. The average Bonchev–Trinajstić information content (AvgIpc) is 3.64. The van der Waals surface area contributed by atoms with Crippen LogP contribution >= 0.6 is 11.6 Å². The number of pyridine rings is 1. The number of rotatable bonds is 9. The molecule has 4 amide bonds. The predicted octanol–water partition coefficient (Wildman–Crippen LogP) is 5.47. The number of likely N-dealkylation sites (tertiary alicyclic amines) is 1. The van der Waals surface area contributed by atoms with Gasteiger partial charge in [0, 0.05) is 94.0 Å². The molecule has 1 aromatic carbocycles. The first kappa shape index (κ1) is 36.7. The van der Waals surface area contributed by atoms with Crippen molar-refractivity contribution in [3.8, 4) is 11.8 Å². The molecule has 2 N–H and O–H groups in total. The summed E-state index contributed by atoms with van der Waals surface area (Å²) in [7, 11) is 0. The van der Waals surface area contributed by atoms with Crippen molar-refractivity contribution in [2.24, 2.45) is 5.92 Å². The summed E-state index contributed by atoms with van der Waals surface area (Å²) in [6.07, 6.45) is 14.9. The number of nitrogens with zero attached hydrogens (tertiary/aromatic N) is 8. The van der Waals surface area contributed by atoms with Gasteiger partial charge in [0.15, 0.2) is 0 Å². The molecule has 6 heterocycles. The minimum atomic E-state index is -0.416. The van der Waals surface area contributed by atoms with Crippen LogP contribution in [0.3, 0.4) is 0 Å². The molecule has 0 bridgehead atoms. The van der Waals surface area contributed by atoms with Gasteiger partial charge in [0.1, 0.15) is 17.6 Å². The first-order valence-corrected chi connectivity index (χ1v) is 19.7. The van der Waals surface area contributed by atoms with Crippen LogP contribution in [0, 0.1) is 17.2 Å². The molecule has 55 heavy (non-hydrogen) atoms. The Hall–Kier alpha value is -5.26. The molecule has 1 saturated carbocycles. The lowest BCUT2D eigenvalue weighted by Gasteiger charge is -2.38. The fourth-order valence-electron chi connectivity index (χ4n) is 8.48. The molecule has 3 saturated heterocycles. The van der Waals surface area contributed by atoms with Gasteiger partial charge in [-0.3, -0.25) is 19.8 Å². The van der Waals surface area contributed by atoms with Crippen LogP contribution in [0.25, 0.3) is 10.9 Å². The molecule has 15 heteroatoms. The second-order valence-corrected chi connectivity index (χ2v) is 15.5. The normalized spacial score (nSPS) is 21.7. The van der Waals surface area contributed by atoms with Crippen LogP contribution in [0.15, 0.2) is 55.1 Å². The third-order valence-electron chi connectivity index (χ3n) is 11.6. The Morgan fingerprint density at radius 1 is 0.945 bits per heavy atom. The third kappa shape index (κ3) is 8.23. The number of fused-ring (bicyclic) bond motifs is 1. The molecule has 4 fully saturated rings. The van der Waals surface area contributed by atoms with E-state index >= 15 is 0 Å². The molecule has 0 atom stereocenters. The number of ether oxygens (including phenoxy) is 1. The van der Waals surface area contributed by atoms with Gasteiger partial charge in [-0.2, -0.15) is 5.26 Å². The van der Waals surface area contributed by atoms with E-state index < -0.39 is 6.03 Å². The summed E-state index contributed by atoms with van der Waals surface area (Å²) in [5.41, 5.74) is 1.95. The van der Waals surface area contributed by atoms with Crippen molar-refractivity contribution in [2.45, 2.75) is 76.0 Å². The molecular weight excluding hydrogens is 720 g/mol. The molecule has 14 nitrogen and oxygen atoms in total. The highest BCUT2D eigenvalue weighted by atomic mass is 35.5. The largest absolute Gasteiger partial charge is 0.490 e. The van der Waals surface area contributed by atoms with Crippen molar-refractivity contribution in [3.63, 3.8) is 0 Å². The summed E-state index contributed by atoms with van der Waals surface area (Å²) in [5.74, 6) is 2.13. The van der Waals surface area contributed by atoms with Crippen molar-refractivity contribution in [3.05, 3.63) is 71.3 Å². The van der Waals surface area contributed by atoms with Crippen molar-refractivity contribution in [2.75, 3.05) is 49.1 Å². The molecule has 0 radical (unpaired) electrons. The van der Waals surface area contributed by atoms with E-state index in [-0.39, 0.29) is 30.4 Å². The summed E-state index contributed by atoms with van der Waals surface area (Å²) in [6, 6.07) is 11.2. The lowest BCUT2D eigenvalue weighted by molar-refractivity contribution is -0.120. The van der Waals surface area contributed by atoms with Gasteiger partial charge < -0.3 is 24.4 Å². The van der Waals surface area contributed by atoms with Gasteiger partial charge in [-0.1, -0.05) is 11.6 Å². The Labute approximate surface area is 324 Å². The Bertz CT molecular complexity index is 2080. The first-order chi connectivity index (χ1) is 26.8. The number of nitriles is 1. The topological polar surface area (TPSA) is 162 Å². The Morgan fingerprint density at radius 2 is 1.71 bits per heavy atom. The molecule has 286 valence electrons. The zero-order valence-corrected chi connectivity index (χ0v) is 31.5. The molecular formula is C40H45ClN10O4. The maximum absolute atomic E-state index is 13.0. The summed E-state index contributed by atoms with van der Waals surface area (Å²) in [6.45, 7) is 5.27. The number of urea groups is 1. The van der Waals surface area contributed by atoms with E-state index in [1.807, 2.05) is 12.1 Å². The van der Waals surface area contributed by atoms with Crippen molar-refractivity contribution >= 4 is 52.1 Å². The summed E-state index contributed by atoms with van der Waals surface area (Å²) < 4.78 is 8.42. The fraction of sp³-hybridized carbons (Fsp3) is 0.475. The number of imide groups is 1. The number of nitrogens with one attached hydrogen (secondary N) is 2. The number of hydrogen-bond acceptors (Lipinski definition) is 10. The average molecular weight is 765 g/mol. The van der Waals surface area contributed by atoms with E-state index in [4.69, 9.17) is 21.6 Å². The summed E-state index contributed by atoms with van der Waals surface area (Å²) in [5, 5.41) is 15.9. The van der Waals surface area contributed by atoms with Crippen LogP contribution in [-0.2, 0) is 4.79 Å². The smallest absolute Gasteiger partial charge is 0.329 e. The maximum atomic E-state index is 13.0. The second-order valence-electron chi connectivity index (χ2n) is 15.1. The van der Waals surface area contributed by atoms with Crippen LogP contribution < -0.4 is 25.2 Å². The molecule has 3 aliphatic heterocycles. The standard InChI is InChI=1S/C40H45ClN10O4/c41-34-21-32(4-1-27(34)22-42)55-31-5-2-29(3-6-31)46-38(53)28-23-44-39(45-24-28)49-17-8-26(9-18-49)25-48-15-10-30(11-16-48)50-19-12-33-35(50)7-14-43-37(33)51-20-13-36(52)47-40(51)54/h1,4,7,12,14,19,21,23-24,26,29-31H,2-3,5-6,8-11,13,15-18,20,25H2,(H,46,53)(H,47,52,54)/t29-,31-. The van der Waals surface area contributed by atoms with Gasteiger partial charge in [0.05, 0.1) is 27.8 Å². The van der Waals surface area contributed by atoms with Crippen LogP contribution in [0.2, 0.25) is 5.02 Å². The SMILES string of the molecule is N#Cc1ccc(O[C@H]2CC[C@H](NC(=O)c3cnc(N4CCC(CN5CCC(n6ccc7c(N8CCC(=O)NC8=O)nccc76)CC5)CC4)nc3)CC2)cc1Cl. The Morgan fingerprint density at radius 3 is 2.42 bits per heavy atom. The number of anilines is 2. The van der Waals surface area contributed by atoms with E-state index in [1.54, 1.807) is 41.7 Å². The molecule has 4 aromatic rings. The third-order valence-corrected chi connectivity index (χ3v) is 11.9. The summed E-state index contributed by atoms with van der Waals surface area (Å²) >= 11 is 6.15. The Kier molecular flexibility index (Phi) is 10.8. The second kappa shape index (κ2) is 16.2. The minimum absolute atomic E-state index is 0.0366. The minimum Gasteiger partial charge on any atom is -0.490 e.